The molecule has 1 fully saturated rings. The number of para-hydroxylation sites is 1. The summed E-state index contributed by atoms with van der Waals surface area (Å²) in [5.41, 5.74) is 9.39. The molecule has 4 aromatic rings. The van der Waals surface area contributed by atoms with Crippen LogP contribution in [0.2, 0.25) is 0 Å². The number of carboxylic acids is 1. The van der Waals surface area contributed by atoms with Gasteiger partial charge in [0.2, 0.25) is 17.6 Å². The first-order valence-corrected chi connectivity index (χ1v) is 16.7. The second kappa shape index (κ2) is 16.5. The Balaban J connectivity index is 1.48. The van der Waals surface area contributed by atoms with Crippen molar-refractivity contribution in [3.63, 3.8) is 0 Å². The number of phenols is 1. The van der Waals surface area contributed by atoms with Crippen LogP contribution in [0.1, 0.15) is 24.0 Å². The highest BCUT2D eigenvalue weighted by Gasteiger charge is 2.42. The summed E-state index contributed by atoms with van der Waals surface area (Å²) in [4.78, 5) is 58.5. The van der Waals surface area contributed by atoms with Gasteiger partial charge < -0.3 is 30.7 Å². The van der Waals surface area contributed by atoms with Gasteiger partial charge in [-0.15, -0.1) is 0 Å². The van der Waals surface area contributed by atoms with Crippen molar-refractivity contribution >= 4 is 52.4 Å². The van der Waals surface area contributed by atoms with Gasteiger partial charge in [-0.1, -0.05) is 72.8 Å². The summed E-state index contributed by atoms with van der Waals surface area (Å²) in [6, 6.07) is 26.4. The van der Waals surface area contributed by atoms with Gasteiger partial charge in [0.05, 0.1) is 24.8 Å². The first kappa shape index (κ1) is 36.2. The summed E-state index contributed by atoms with van der Waals surface area (Å²) in [5.74, 6) is -3.39. The van der Waals surface area contributed by atoms with E-state index in [2.05, 4.69) is 10.3 Å². The molecule has 2 atom stereocenters. The standard InChI is InChI=1S/C38H36N4O8S/c1-49-30-20-24(21-31(50-2)34(30)45)22-32-37(48)42(38(51-32)40-27-11-7-4-8-12-27)29(17-18-33(43)44)36(47)41-28(35(39)46)19-23-13-15-26(16-14-23)25-9-5-3-6-10-25/h3-16,20-22,28-29,45H,17-19H2,1-2H3,(H2,39,46)(H,41,47)(H,43,44)/b32-22-,40-38?/t28-,29-/m0/s1. The summed E-state index contributed by atoms with van der Waals surface area (Å²) >= 11 is 0.979. The molecule has 51 heavy (non-hydrogen) atoms. The molecule has 4 aromatic carbocycles. The molecule has 0 saturated carbocycles. The third-order valence-electron chi connectivity index (χ3n) is 8.02. The Labute approximate surface area is 298 Å². The highest BCUT2D eigenvalue weighted by molar-refractivity contribution is 8.18. The molecule has 1 aliphatic rings. The molecular weight excluding hydrogens is 673 g/mol. The number of aliphatic imine (C=N–C) groups is 1. The molecule has 0 aromatic heterocycles. The number of aliphatic carboxylic acids is 1. The number of methoxy groups -OCH3 is 2. The van der Waals surface area contributed by atoms with Gasteiger partial charge in [-0.05, 0) is 70.8 Å². The number of carboxylic acid groups (broad SMARTS) is 1. The lowest BCUT2D eigenvalue weighted by molar-refractivity contribution is -0.139. The van der Waals surface area contributed by atoms with Crippen molar-refractivity contribution < 1.29 is 38.9 Å². The van der Waals surface area contributed by atoms with Gasteiger partial charge >= 0.3 is 5.97 Å². The number of thioether (sulfide) groups is 1. The van der Waals surface area contributed by atoms with Crippen LogP contribution in [0, 0.1) is 0 Å². The number of phenolic OH excluding ortho intramolecular Hbond substituents is 1. The zero-order chi connectivity index (χ0) is 36.5. The molecule has 5 N–H and O–H groups in total. The Hall–Kier alpha value is -6.08. The molecule has 5 rings (SSSR count). The summed E-state index contributed by atoms with van der Waals surface area (Å²) in [6.07, 6.45) is 0.839. The Morgan fingerprint density at radius 1 is 0.922 bits per heavy atom. The van der Waals surface area contributed by atoms with Crippen molar-refractivity contribution in [1.29, 1.82) is 0 Å². The topological polar surface area (TPSA) is 181 Å². The number of amidine groups is 1. The number of benzene rings is 4. The quantitative estimate of drug-likeness (QED) is 0.129. The number of primary amides is 1. The molecule has 3 amide bonds. The van der Waals surface area contributed by atoms with Crippen molar-refractivity contribution in [2.24, 2.45) is 10.7 Å². The van der Waals surface area contributed by atoms with Crippen LogP contribution >= 0.6 is 11.8 Å². The van der Waals surface area contributed by atoms with Crippen molar-refractivity contribution in [1.82, 2.24) is 10.2 Å². The Bertz CT molecular complexity index is 1940. The Morgan fingerprint density at radius 2 is 1.51 bits per heavy atom. The van der Waals surface area contributed by atoms with Crippen LogP contribution in [-0.2, 0) is 25.6 Å². The van der Waals surface area contributed by atoms with Crippen molar-refractivity contribution in [2.75, 3.05) is 14.2 Å². The average molecular weight is 709 g/mol. The van der Waals surface area contributed by atoms with Gasteiger partial charge in [0, 0.05) is 12.8 Å². The van der Waals surface area contributed by atoms with Gasteiger partial charge in [-0.25, -0.2) is 4.99 Å². The van der Waals surface area contributed by atoms with Crippen LogP contribution in [-0.4, -0.2) is 70.3 Å². The van der Waals surface area contributed by atoms with E-state index in [4.69, 9.17) is 15.2 Å². The Kier molecular flexibility index (Phi) is 11.7. The number of hydrogen-bond donors (Lipinski definition) is 4. The van der Waals surface area contributed by atoms with E-state index in [-0.39, 0.29) is 40.2 Å². The molecule has 0 radical (unpaired) electrons. The van der Waals surface area contributed by atoms with Gasteiger partial charge in [0.15, 0.2) is 16.7 Å². The number of nitrogens with zero attached hydrogens (tertiary/aromatic N) is 2. The summed E-state index contributed by atoms with van der Waals surface area (Å²) < 4.78 is 10.5. The normalized spacial score (nSPS) is 15.4. The van der Waals surface area contributed by atoms with Gasteiger partial charge in [-0.3, -0.25) is 24.1 Å². The van der Waals surface area contributed by atoms with Gasteiger partial charge in [-0.2, -0.15) is 0 Å². The second-order valence-electron chi connectivity index (χ2n) is 11.5. The summed E-state index contributed by atoms with van der Waals surface area (Å²) in [7, 11) is 2.75. The minimum atomic E-state index is -1.37. The maximum absolute atomic E-state index is 14.2. The first-order valence-electron chi connectivity index (χ1n) is 15.9. The van der Waals surface area contributed by atoms with Crippen molar-refractivity contribution in [2.45, 2.75) is 31.3 Å². The molecule has 0 bridgehead atoms. The minimum absolute atomic E-state index is 0.0606. The molecule has 13 heteroatoms. The fraction of sp³-hybridized carbons (Fsp3) is 0.184. The molecule has 262 valence electrons. The molecule has 1 heterocycles. The number of carbonyl (C=O) groups is 4. The molecule has 12 nitrogen and oxygen atoms in total. The molecule has 1 aliphatic heterocycles. The summed E-state index contributed by atoms with van der Waals surface area (Å²) in [5, 5.41) is 22.8. The molecule has 0 unspecified atom stereocenters. The van der Waals surface area contributed by atoms with Crippen LogP contribution in [0.3, 0.4) is 0 Å². The zero-order valence-corrected chi connectivity index (χ0v) is 28.6. The molecule has 1 saturated heterocycles. The highest BCUT2D eigenvalue weighted by Crippen LogP contribution is 2.40. The van der Waals surface area contributed by atoms with Crippen LogP contribution in [0.25, 0.3) is 17.2 Å². The van der Waals surface area contributed by atoms with Crippen molar-refractivity contribution in [3.05, 3.63) is 113 Å². The monoisotopic (exact) mass is 708 g/mol. The fourth-order valence-electron chi connectivity index (χ4n) is 5.43. The van der Waals surface area contributed by atoms with E-state index in [9.17, 15) is 29.4 Å². The lowest BCUT2D eigenvalue weighted by atomic mass is 10.00. The van der Waals surface area contributed by atoms with Gasteiger partial charge in [0.1, 0.15) is 12.1 Å². The minimum Gasteiger partial charge on any atom is -0.502 e. The smallest absolute Gasteiger partial charge is 0.303 e. The number of nitrogens with one attached hydrogen (secondary N) is 1. The number of rotatable bonds is 14. The third kappa shape index (κ3) is 8.94. The predicted octanol–water partition coefficient (Wildman–Crippen LogP) is 5.13. The van der Waals surface area contributed by atoms with E-state index < -0.39 is 42.2 Å². The predicted molar refractivity (Wildman–Crippen MR) is 195 cm³/mol. The van der Waals surface area contributed by atoms with Crippen LogP contribution in [0.5, 0.6) is 17.2 Å². The maximum Gasteiger partial charge on any atom is 0.303 e. The van der Waals surface area contributed by atoms with Crippen LogP contribution in [0.15, 0.2) is 107 Å². The number of aromatic hydroxyl groups is 1. The number of amides is 3. The van der Waals surface area contributed by atoms with Crippen LogP contribution in [0.4, 0.5) is 5.69 Å². The lowest BCUT2D eigenvalue weighted by Crippen LogP contribution is -2.55. The first-order chi connectivity index (χ1) is 24.6. The highest BCUT2D eigenvalue weighted by atomic mass is 32.2. The van der Waals surface area contributed by atoms with E-state index >= 15 is 0 Å². The molecule has 0 aliphatic carbocycles. The second-order valence-corrected chi connectivity index (χ2v) is 12.5. The van der Waals surface area contributed by atoms with Gasteiger partial charge in [0.25, 0.3) is 5.91 Å². The van der Waals surface area contributed by atoms with E-state index in [1.807, 2.05) is 54.6 Å². The maximum atomic E-state index is 14.2. The Morgan fingerprint density at radius 3 is 2.08 bits per heavy atom. The summed E-state index contributed by atoms with van der Waals surface area (Å²) in [6.45, 7) is 0. The average Bonchev–Trinajstić information content (AvgIpc) is 3.42. The van der Waals surface area contributed by atoms with E-state index in [1.165, 1.54) is 32.4 Å². The number of hydrogen-bond acceptors (Lipinski definition) is 9. The van der Waals surface area contributed by atoms with E-state index in [0.717, 1.165) is 33.4 Å². The van der Waals surface area contributed by atoms with E-state index in [1.54, 1.807) is 30.3 Å². The fourth-order valence-corrected chi connectivity index (χ4v) is 6.47. The SMILES string of the molecule is COc1cc(/C=C2\SC(=Nc3ccccc3)N([C@@H](CCC(=O)O)C(=O)N[C@@H](Cc3ccc(-c4ccccc4)cc3)C(N)=O)C2=O)cc(OC)c1O. The number of carbonyl (C=O) groups excluding carboxylic acids is 3. The van der Waals surface area contributed by atoms with Crippen molar-refractivity contribution in [3.8, 4) is 28.4 Å². The number of ether oxygens (including phenoxy) is 2. The van der Waals surface area contributed by atoms with Crippen LogP contribution < -0.4 is 20.5 Å². The molecular formula is C38H36N4O8S. The molecule has 0 spiro atoms. The van der Waals surface area contributed by atoms with E-state index in [0.29, 0.717) is 11.3 Å². The third-order valence-corrected chi connectivity index (χ3v) is 9.01. The lowest BCUT2D eigenvalue weighted by Gasteiger charge is -2.28. The zero-order valence-electron chi connectivity index (χ0n) is 27.8. The number of nitrogens with two attached hydrogens (primary N) is 1. The largest absolute Gasteiger partial charge is 0.502 e.